The molecule has 3 rings (SSSR count). The molecule has 7 heteroatoms. The monoisotopic (exact) mass is 323 g/mol. The van der Waals surface area contributed by atoms with E-state index in [1.165, 1.54) is 6.20 Å². The SMILES string of the molecule is FC(F)(F)c1ccnc(N[C@H]2COC[C@H]2Cc2ccncc2)c1. The fourth-order valence-corrected chi connectivity index (χ4v) is 2.66. The molecule has 4 nitrogen and oxygen atoms in total. The maximum absolute atomic E-state index is 12.8. The van der Waals surface area contributed by atoms with Gasteiger partial charge in [0, 0.05) is 24.5 Å². The van der Waals surface area contributed by atoms with E-state index in [9.17, 15) is 13.2 Å². The van der Waals surface area contributed by atoms with Gasteiger partial charge in [0.2, 0.25) is 0 Å². The molecule has 122 valence electrons. The van der Waals surface area contributed by atoms with Crippen molar-refractivity contribution in [1.29, 1.82) is 0 Å². The van der Waals surface area contributed by atoms with Crippen molar-refractivity contribution in [1.82, 2.24) is 9.97 Å². The summed E-state index contributed by atoms with van der Waals surface area (Å²) in [6, 6.07) is 5.78. The summed E-state index contributed by atoms with van der Waals surface area (Å²) < 4.78 is 43.8. The molecule has 2 aromatic rings. The third-order valence-corrected chi connectivity index (χ3v) is 3.87. The van der Waals surface area contributed by atoms with E-state index < -0.39 is 11.7 Å². The van der Waals surface area contributed by atoms with Crippen molar-refractivity contribution in [3.63, 3.8) is 0 Å². The third kappa shape index (κ3) is 3.98. The summed E-state index contributed by atoms with van der Waals surface area (Å²) in [5, 5.41) is 3.07. The number of ether oxygens (including phenoxy) is 1. The Morgan fingerprint density at radius 1 is 1.13 bits per heavy atom. The molecule has 1 saturated heterocycles. The van der Waals surface area contributed by atoms with Gasteiger partial charge < -0.3 is 10.1 Å². The van der Waals surface area contributed by atoms with Crippen molar-refractivity contribution >= 4 is 5.82 Å². The molecule has 0 radical (unpaired) electrons. The largest absolute Gasteiger partial charge is 0.416 e. The molecule has 1 N–H and O–H groups in total. The van der Waals surface area contributed by atoms with Crippen molar-refractivity contribution in [2.75, 3.05) is 18.5 Å². The van der Waals surface area contributed by atoms with Crippen LogP contribution in [0.1, 0.15) is 11.1 Å². The van der Waals surface area contributed by atoms with Gasteiger partial charge in [-0.2, -0.15) is 13.2 Å². The van der Waals surface area contributed by atoms with Gasteiger partial charge in [-0.1, -0.05) is 0 Å². The van der Waals surface area contributed by atoms with Crippen LogP contribution in [-0.4, -0.2) is 29.2 Å². The molecule has 0 bridgehead atoms. The van der Waals surface area contributed by atoms with Gasteiger partial charge in [0.05, 0.1) is 24.8 Å². The van der Waals surface area contributed by atoms with E-state index in [0.29, 0.717) is 13.2 Å². The number of rotatable bonds is 4. The predicted molar refractivity (Wildman–Crippen MR) is 78.9 cm³/mol. The molecule has 3 heterocycles. The van der Waals surface area contributed by atoms with Crippen LogP contribution in [0, 0.1) is 5.92 Å². The van der Waals surface area contributed by atoms with Gasteiger partial charge in [0.25, 0.3) is 0 Å². The predicted octanol–water partition coefficient (Wildman–Crippen LogP) is 3.17. The van der Waals surface area contributed by atoms with Crippen LogP contribution in [0.15, 0.2) is 42.9 Å². The normalized spacial score (nSPS) is 21.3. The number of nitrogens with one attached hydrogen (secondary N) is 1. The van der Waals surface area contributed by atoms with Crippen LogP contribution >= 0.6 is 0 Å². The lowest BCUT2D eigenvalue weighted by molar-refractivity contribution is -0.137. The van der Waals surface area contributed by atoms with E-state index in [4.69, 9.17) is 4.74 Å². The topological polar surface area (TPSA) is 47.0 Å². The summed E-state index contributed by atoms with van der Waals surface area (Å²) in [4.78, 5) is 7.96. The minimum absolute atomic E-state index is 0.0702. The number of aromatic nitrogens is 2. The lowest BCUT2D eigenvalue weighted by Crippen LogP contribution is -2.29. The molecule has 23 heavy (non-hydrogen) atoms. The van der Waals surface area contributed by atoms with E-state index >= 15 is 0 Å². The van der Waals surface area contributed by atoms with E-state index in [1.807, 2.05) is 12.1 Å². The lowest BCUT2D eigenvalue weighted by Gasteiger charge is -2.20. The molecular formula is C16H16F3N3O. The lowest BCUT2D eigenvalue weighted by atomic mass is 9.95. The minimum atomic E-state index is -4.37. The summed E-state index contributed by atoms with van der Waals surface area (Å²) >= 11 is 0. The maximum Gasteiger partial charge on any atom is 0.416 e. The Morgan fingerprint density at radius 3 is 2.65 bits per heavy atom. The van der Waals surface area contributed by atoms with Crippen LogP contribution < -0.4 is 5.32 Å². The van der Waals surface area contributed by atoms with Gasteiger partial charge in [-0.15, -0.1) is 0 Å². The van der Waals surface area contributed by atoms with E-state index in [1.54, 1.807) is 12.4 Å². The molecule has 0 saturated carbocycles. The molecule has 0 amide bonds. The fraction of sp³-hybridized carbons (Fsp3) is 0.375. The molecule has 1 aliphatic heterocycles. The second kappa shape index (κ2) is 6.54. The number of pyridine rings is 2. The number of hydrogen-bond acceptors (Lipinski definition) is 4. The molecule has 0 unspecified atom stereocenters. The number of nitrogens with zero attached hydrogens (tertiary/aromatic N) is 2. The molecule has 2 aromatic heterocycles. The highest BCUT2D eigenvalue weighted by atomic mass is 19.4. The fourth-order valence-electron chi connectivity index (χ4n) is 2.66. The van der Waals surface area contributed by atoms with Crippen LogP contribution in [0.2, 0.25) is 0 Å². The zero-order chi connectivity index (χ0) is 16.3. The van der Waals surface area contributed by atoms with E-state index in [0.717, 1.165) is 24.1 Å². The average molecular weight is 323 g/mol. The first-order valence-electron chi connectivity index (χ1n) is 7.29. The van der Waals surface area contributed by atoms with Gasteiger partial charge in [0.15, 0.2) is 0 Å². The van der Waals surface area contributed by atoms with Crippen molar-refractivity contribution in [3.8, 4) is 0 Å². The summed E-state index contributed by atoms with van der Waals surface area (Å²) in [6.45, 7) is 1.02. The summed E-state index contributed by atoms with van der Waals surface area (Å²) in [5.41, 5.74) is 0.416. The van der Waals surface area contributed by atoms with E-state index in [2.05, 4.69) is 15.3 Å². The molecular weight excluding hydrogens is 307 g/mol. The number of halogens is 3. The van der Waals surface area contributed by atoms with Crippen LogP contribution in [0.5, 0.6) is 0 Å². The standard InChI is InChI=1S/C16H16F3N3O/c17-16(18,19)13-3-6-21-15(8-13)22-14-10-23-9-12(14)7-11-1-4-20-5-2-11/h1-6,8,12,14H,7,9-10H2,(H,21,22)/t12-,14+/m1/s1. The number of hydrogen-bond donors (Lipinski definition) is 1. The summed E-state index contributed by atoms with van der Waals surface area (Å²) in [6.07, 6.45) is 1.02. The zero-order valence-electron chi connectivity index (χ0n) is 12.3. The maximum atomic E-state index is 12.8. The quantitative estimate of drug-likeness (QED) is 0.939. The zero-order valence-corrected chi connectivity index (χ0v) is 12.3. The highest BCUT2D eigenvalue weighted by Crippen LogP contribution is 2.30. The summed E-state index contributed by atoms with van der Waals surface area (Å²) in [5.74, 6) is 0.392. The van der Waals surface area contributed by atoms with Gasteiger partial charge in [0.1, 0.15) is 5.82 Å². The van der Waals surface area contributed by atoms with Gasteiger partial charge in [-0.25, -0.2) is 4.98 Å². The Hall–Kier alpha value is -2.15. The molecule has 0 aliphatic carbocycles. The Morgan fingerprint density at radius 2 is 1.91 bits per heavy atom. The highest BCUT2D eigenvalue weighted by molar-refractivity contribution is 5.40. The van der Waals surface area contributed by atoms with Crippen molar-refractivity contribution in [2.24, 2.45) is 5.92 Å². The molecule has 0 spiro atoms. The second-order valence-electron chi connectivity index (χ2n) is 5.54. The van der Waals surface area contributed by atoms with Crippen molar-refractivity contribution in [2.45, 2.75) is 18.6 Å². The van der Waals surface area contributed by atoms with Gasteiger partial charge in [-0.3, -0.25) is 4.98 Å². The molecule has 1 fully saturated rings. The third-order valence-electron chi connectivity index (χ3n) is 3.87. The summed E-state index contributed by atoms with van der Waals surface area (Å²) in [7, 11) is 0. The van der Waals surface area contributed by atoms with E-state index in [-0.39, 0.29) is 17.8 Å². The van der Waals surface area contributed by atoms with Crippen LogP contribution in [0.3, 0.4) is 0 Å². The van der Waals surface area contributed by atoms with Crippen LogP contribution in [0.4, 0.5) is 19.0 Å². The Bertz CT molecular complexity index is 649. The Labute approximate surface area is 131 Å². The minimum Gasteiger partial charge on any atom is -0.379 e. The first kappa shape index (κ1) is 15.7. The van der Waals surface area contributed by atoms with Crippen LogP contribution in [-0.2, 0) is 17.3 Å². The molecule has 1 aliphatic rings. The first-order valence-corrected chi connectivity index (χ1v) is 7.29. The van der Waals surface area contributed by atoms with Crippen LogP contribution in [0.25, 0.3) is 0 Å². The Kier molecular flexibility index (Phi) is 4.47. The van der Waals surface area contributed by atoms with Gasteiger partial charge in [-0.05, 0) is 36.2 Å². The Balaban J connectivity index is 1.69. The average Bonchev–Trinajstić information content (AvgIpc) is 2.95. The molecule has 0 aromatic carbocycles. The molecule has 2 atom stereocenters. The first-order chi connectivity index (χ1) is 11.0. The van der Waals surface area contributed by atoms with Crippen molar-refractivity contribution < 1.29 is 17.9 Å². The second-order valence-corrected chi connectivity index (χ2v) is 5.54. The number of anilines is 1. The smallest absolute Gasteiger partial charge is 0.379 e. The van der Waals surface area contributed by atoms with Crippen molar-refractivity contribution in [3.05, 3.63) is 54.0 Å². The highest BCUT2D eigenvalue weighted by Gasteiger charge is 2.32. The van der Waals surface area contributed by atoms with Gasteiger partial charge >= 0.3 is 6.18 Å². The number of alkyl halides is 3.